The molecule has 10 atom stereocenters. The molecule has 168 valence electrons. The molecule has 0 aromatic heterocycles. The normalized spacial score (nSPS) is 51.9. The largest absolute Gasteiger partial charge is 0.393 e. The second-order valence-electron chi connectivity index (χ2n) is 12.3. The molecule has 3 heteroatoms. The van der Waals surface area contributed by atoms with Gasteiger partial charge < -0.3 is 10.2 Å². The van der Waals surface area contributed by atoms with Crippen molar-refractivity contribution < 1.29 is 10.2 Å². The highest BCUT2D eigenvalue weighted by Gasteiger charge is 2.62. The van der Waals surface area contributed by atoms with Gasteiger partial charge in [-0.3, -0.25) is 4.99 Å². The Hall–Kier alpha value is -0.670. The Morgan fingerprint density at radius 2 is 1.90 bits per heavy atom. The predicted molar refractivity (Wildman–Crippen MR) is 122 cm³/mol. The van der Waals surface area contributed by atoms with Gasteiger partial charge in [-0.1, -0.05) is 39.3 Å². The van der Waals surface area contributed by atoms with Crippen molar-refractivity contribution in [2.24, 2.45) is 51.3 Å². The molecule has 3 nitrogen and oxygen atoms in total. The first-order chi connectivity index (χ1) is 14.2. The maximum Gasteiger partial charge on any atom is 0.0582 e. The van der Waals surface area contributed by atoms with E-state index in [4.69, 9.17) is 4.99 Å². The molecule has 3 saturated carbocycles. The highest BCUT2D eigenvalue weighted by Crippen LogP contribution is 2.67. The van der Waals surface area contributed by atoms with Crippen LogP contribution >= 0.6 is 0 Å². The quantitative estimate of drug-likeness (QED) is 0.595. The minimum absolute atomic E-state index is 0.132. The van der Waals surface area contributed by atoms with Crippen molar-refractivity contribution in [3.8, 4) is 0 Å². The maximum atomic E-state index is 11.4. The van der Waals surface area contributed by atoms with Crippen molar-refractivity contribution in [2.75, 3.05) is 6.54 Å². The first-order valence-electron chi connectivity index (χ1n) is 12.8. The molecule has 30 heavy (non-hydrogen) atoms. The van der Waals surface area contributed by atoms with Crippen molar-refractivity contribution in [2.45, 2.75) is 97.7 Å². The second kappa shape index (κ2) is 7.44. The summed E-state index contributed by atoms with van der Waals surface area (Å²) in [7, 11) is 0. The average Bonchev–Trinajstić information content (AvgIpc) is 2.98. The maximum absolute atomic E-state index is 11.4. The number of fused-ring (bicyclic) bond motifs is 5. The third-order valence-electron chi connectivity index (χ3n) is 10.8. The van der Waals surface area contributed by atoms with Gasteiger partial charge in [0.25, 0.3) is 0 Å². The monoisotopic (exact) mass is 413 g/mol. The van der Waals surface area contributed by atoms with E-state index >= 15 is 0 Å². The van der Waals surface area contributed by atoms with Gasteiger partial charge in [0.1, 0.15) is 0 Å². The number of hydrogen-bond acceptors (Lipinski definition) is 3. The first-order valence-corrected chi connectivity index (χ1v) is 12.8. The van der Waals surface area contributed by atoms with Crippen LogP contribution in [0, 0.1) is 46.3 Å². The number of allylic oxidation sites excluding steroid dienone is 1. The predicted octanol–water partition coefficient (Wildman–Crippen LogP) is 5.40. The molecular weight excluding hydrogens is 370 g/mol. The molecule has 5 aliphatic rings. The highest BCUT2D eigenvalue weighted by atomic mass is 16.3. The Kier molecular flexibility index (Phi) is 5.26. The Bertz CT molecular complexity index is 743. The van der Waals surface area contributed by atoms with Crippen LogP contribution in [-0.2, 0) is 0 Å². The third kappa shape index (κ3) is 3.09. The standard InChI is InChI=1S/C27H43NO2/c1-16-5-8-23(28-15-16)17(2)25-24(30)14-22-20-7-6-18-13-19(29)9-11-26(18,3)21(20)10-12-27(22,25)4/h6,16-17,19-22,24-25,29-30H,5,7-15H2,1-4H3/t16-,17+,19+,20+,21-,22-,24+,25-,26-,27-/m0/s1. The minimum atomic E-state index is -0.179. The van der Waals surface area contributed by atoms with Gasteiger partial charge in [0, 0.05) is 12.3 Å². The topological polar surface area (TPSA) is 52.8 Å². The van der Waals surface area contributed by atoms with Crippen LogP contribution in [-0.4, -0.2) is 34.7 Å². The van der Waals surface area contributed by atoms with Crippen LogP contribution in [0.2, 0.25) is 0 Å². The lowest BCUT2D eigenvalue weighted by atomic mass is 9.47. The lowest BCUT2D eigenvalue weighted by Gasteiger charge is -2.58. The minimum Gasteiger partial charge on any atom is -0.393 e. The molecule has 5 rings (SSSR count). The number of aliphatic hydroxyl groups is 2. The van der Waals surface area contributed by atoms with Crippen molar-refractivity contribution in [1.82, 2.24) is 0 Å². The summed E-state index contributed by atoms with van der Waals surface area (Å²) in [6, 6.07) is 0. The fraction of sp³-hybridized carbons (Fsp3) is 0.889. The molecule has 0 aromatic rings. The zero-order valence-corrected chi connectivity index (χ0v) is 19.6. The summed E-state index contributed by atoms with van der Waals surface area (Å²) in [6.07, 6.45) is 12.3. The fourth-order valence-electron chi connectivity index (χ4n) is 9.01. The molecule has 0 spiro atoms. The van der Waals surface area contributed by atoms with Crippen molar-refractivity contribution in [3.63, 3.8) is 0 Å². The molecule has 0 bridgehead atoms. The number of nitrogens with zero attached hydrogens (tertiary/aromatic N) is 1. The van der Waals surface area contributed by atoms with Crippen LogP contribution in [0.5, 0.6) is 0 Å². The zero-order chi connectivity index (χ0) is 21.3. The van der Waals surface area contributed by atoms with E-state index in [9.17, 15) is 10.2 Å². The second-order valence-corrected chi connectivity index (χ2v) is 12.3. The lowest BCUT2D eigenvalue weighted by Crippen LogP contribution is -2.51. The van der Waals surface area contributed by atoms with Crippen LogP contribution in [0.25, 0.3) is 0 Å². The average molecular weight is 414 g/mol. The summed E-state index contributed by atoms with van der Waals surface area (Å²) < 4.78 is 0. The highest BCUT2D eigenvalue weighted by molar-refractivity contribution is 5.87. The van der Waals surface area contributed by atoms with Crippen LogP contribution in [0.3, 0.4) is 0 Å². The first kappa shape index (κ1) is 21.2. The van der Waals surface area contributed by atoms with Gasteiger partial charge in [0.2, 0.25) is 0 Å². The molecule has 2 N–H and O–H groups in total. The van der Waals surface area contributed by atoms with Gasteiger partial charge in [0.15, 0.2) is 0 Å². The van der Waals surface area contributed by atoms with Crippen molar-refractivity contribution in [3.05, 3.63) is 11.6 Å². The van der Waals surface area contributed by atoms with E-state index in [0.29, 0.717) is 29.6 Å². The summed E-state index contributed by atoms with van der Waals surface area (Å²) in [5.74, 6) is 3.55. The van der Waals surface area contributed by atoms with E-state index in [-0.39, 0.29) is 23.0 Å². The molecule has 1 aliphatic heterocycles. The molecule has 4 aliphatic carbocycles. The summed E-state index contributed by atoms with van der Waals surface area (Å²) in [5.41, 5.74) is 3.45. The smallest absolute Gasteiger partial charge is 0.0582 e. The summed E-state index contributed by atoms with van der Waals surface area (Å²) in [4.78, 5) is 4.98. The van der Waals surface area contributed by atoms with Crippen LogP contribution in [0.1, 0.15) is 85.5 Å². The van der Waals surface area contributed by atoms with E-state index in [1.165, 1.54) is 25.0 Å². The van der Waals surface area contributed by atoms with Gasteiger partial charge in [-0.05, 0) is 104 Å². The van der Waals surface area contributed by atoms with Crippen molar-refractivity contribution >= 4 is 5.71 Å². The molecule has 0 saturated heterocycles. The van der Waals surface area contributed by atoms with Gasteiger partial charge in [-0.25, -0.2) is 0 Å². The third-order valence-corrected chi connectivity index (χ3v) is 10.8. The van der Waals surface area contributed by atoms with Gasteiger partial charge in [-0.15, -0.1) is 0 Å². The van der Waals surface area contributed by atoms with E-state index in [0.717, 1.165) is 51.0 Å². The SMILES string of the molecule is C[C@H]1CCC([C@@H](C)[C@H]2[C@H](O)C[C@H]3[C@@H]4CC=C5C[C@H](O)CC[C@]5(C)[C@H]4CC[C@]23C)=NC1. The van der Waals surface area contributed by atoms with E-state index < -0.39 is 0 Å². The van der Waals surface area contributed by atoms with Crippen LogP contribution < -0.4 is 0 Å². The van der Waals surface area contributed by atoms with Crippen molar-refractivity contribution in [1.29, 1.82) is 0 Å². The fourth-order valence-corrected chi connectivity index (χ4v) is 9.01. The van der Waals surface area contributed by atoms with E-state index in [2.05, 4.69) is 33.8 Å². The molecule has 0 radical (unpaired) electrons. The van der Waals surface area contributed by atoms with E-state index in [1.54, 1.807) is 5.57 Å². The molecule has 3 fully saturated rings. The van der Waals surface area contributed by atoms with Gasteiger partial charge in [0.05, 0.1) is 12.2 Å². The molecule has 0 unspecified atom stereocenters. The summed E-state index contributed by atoms with van der Waals surface area (Å²) in [6.45, 7) is 10.7. The summed E-state index contributed by atoms with van der Waals surface area (Å²) >= 11 is 0. The molecule has 0 amide bonds. The Balaban J connectivity index is 1.42. The number of hydrogen-bond donors (Lipinski definition) is 2. The van der Waals surface area contributed by atoms with Gasteiger partial charge in [-0.2, -0.15) is 0 Å². The summed E-state index contributed by atoms with van der Waals surface area (Å²) in [5, 5.41) is 21.6. The number of aliphatic hydroxyl groups excluding tert-OH is 2. The Morgan fingerprint density at radius 3 is 2.63 bits per heavy atom. The molecule has 1 heterocycles. The van der Waals surface area contributed by atoms with Crippen LogP contribution in [0.4, 0.5) is 0 Å². The van der Waals surface area contributed by atoms with Crippen LogP contribution in [0.15, 0.2) is 16.6 Å². The number of aliphatic imine (C=N–C) groups is 1. The number of rotatable bonds is 2. The molecule has 0 aromatic carbocycles. The lowest BCUT2D eigenvalue weighted by molar-refractivity contribution is -0.0564. The Labute approximate surface area is 183 Å². The molecular formula is C27H43NO2. The van der Waals surface area contributed by atoms with E-state index in [1.807, 2.05) is 0 Å². The zero-order valence-electron chi connectivity index (χ0n) is 19.6. The van der Waals surface area contributed by atoms with Gasteiger partial charge >= 0.3 is 0 Å². The Morgan fingerprint density at radius 1 is 1.10 bits per heavy atom.